The number of para-hydroxylation sites is 1. The average molecular weight is 294 g/mol. The Morgan fingerprint density at radius 1 is 1.43 bits per heavy atom. The van der Waals surface area contributed by atoms with Crippen LogP contribution in [0.1, 0.15) is 12.5 Å². The van der Waals surface area contributed by atoms with Crippen molar-refractivity contribution < 1.29 is 14.2 Å². The first-order valence-corrected chi connectivity index (χ1v) is 7.55. The van der Waals surface area contributed by atoms with Crippen LogP contribution in [-0.2, 0) is 11.3 Å². The molecule has 118 valence electrons. The summed E-state index contributed by atoms with van der Waals surface area (Å²) < 4.78 is 17.2. The molecule has 0 aromatic heterocycles. The van der Waals surface area contributed by atoms with Gasteiger partial charge in [0.25, 0.3) is 0 Å². The molecule has 2 rings (SSSR count). The van der Waals surface area contributed by atoms with Gasteiger partial charge in [0.1, 0.15) is 12.7 Å². The van der Waals surface area contributed by atoms with Gasteiger partial charge in [-0.15, -0.1) is 0 Å². The molecule has 1 aromatic rings. The van der Waals surface area contributed by atoms with Crippen LogP contribution in [0.25, 0.3) is 0 Å². The molecule has 0 bridgehead atoms. The quantitative estimate of drug-likeness (QED) is 0.826. The molecular formula is C16H26N2O3. The highest BCUT2D eigenvalue weighted by Crippen LogP contribution is 2.31. The normalized spacial score (nSPS) is 19.5. The van der Waals surface area contributed by atoms with Crippen LogP contribution >= 0.6 is 0 Å². The highest BCUT2D eigenvalue weighted by molar-refractivity contribution is 5.46. The van der Waals surface area contributed by atoms with Gasteiger partial charge in [0.05, 0.1) is 13.7 Å². The number of likely N-dealkylation sites (N-methyl/N-ethyl adjacent to an activating group) is 1. The highest BCUT2D eigenvalue weighted by Gasteiger charge is 2.21. The number of methoxy groups -OCH3 is 1. The maximum Gasteiger partial charge on any atom is 0.165 e. The standard InChI is InChI=1S/C16H26N2O3/c1-4-18-8-9-20-14(11-18)12-21-16-13(10-17-2)6-5-7-15(16)19-3/h5-7,14,17H,4,8-12H2,1-3H3. The third kappa shape index (κ3) is 4.33. The second kappa shape index (κ2) is 8.22. The molecule has 5 nitrogen and oxygen atoms in total. The molecule has 1 N–H and O–H groups in total. The fraction of sp³-hybridized carbons (Fsp3) is 0.625. The summed E-state index contributed by atoms with van der Waals surface area (Å²) in [6, 6.07) is 5.96. The van der Waals surface area contributed by atoms with Crippen LogP contribution in [0, 0.1) is 0 Å². The van der Waals surface area contributed by atoms with E-state index in [1.165, 1.54) is 0 Å². The van der Waals surface area contributed by atoms with Gasteiger partial charge in [-0.1, -0.05) is 19.1 Å². The Balaban J connectivity index is 2.01. The molecule has 0 saturated carbocycles. The first-order chi connectivity index (χ1) is 10.3. The predicted octanol–water partition coefficient (Wildman–Crippen LogP) is 1.51. The van der Waals surface area contributed by atoms with Crippen molar-refractivity contribution in [3.8, 4) is 11.5 Å². The van der Waals surface area contributed by atoms with Crippen molar-refractivity contribution in [2.75, 3.05) is 47.0 Å². The van der Waals surface area contributed by atoms with Gasteiger partial charge in [0, 0.05) is 25.2 Å². The summed E-state index contributed by atoms with van der Waals surface area (Å²) in [5.74, 6) is 1.58. The van der Waals surface area contributed by atoms with Crippen LogP contribution in [-0.4, -0.2) is 58.0 Å². The Hall–Kier alpha value is -1.30. The third-order valence-corrected chi connectivity index (χ3v) is 3.73. The minimum atomic E-state index is 0.117. The fourth-order valence-electron chi connectivity index (χ4n) is 2.56. The zero-order valence-electron chi connectivity index (χ0n) is 13.2. The van der Waals surface area contributed by atoms with Crippen molar-refractivity contribution in [2.24, 2.45) is 0 Å². The summed E-state index contributed by atoms with van der Waals surface area (Å²) >= 11 is 0. The summed E-state index contributed by atoms with van der Waals surface area (Å²) in [5, 5.41) is 3.15. The van der Waals surface area contributed by atoms with Gasteiger partial charge in [0.15, 0.2) is 11.5 Å². The smallest absolute Gasteiger partial charge is 0.165 e. The van der Waals surface area contributed by atoms with Crippen molar-refractivity contribution in [3.05, 3.63) is 23.8 Å². The number of morpholine rings is 1. The van der Waals surface area contributed by atoms with E-state index < -0.39 is 0 Å². The Kier molecular flexibility index (Phi) is 6.29. The van der Waals surface area contributed by atoms with E-state index in [9.17, 15) is 0 Å². The van der Waals surface area contributed by atoms with E-state index in [0.29, 0.717) is 6.61 Å². The monoisotopic (exact) mass is 294 g/mol. The van der Waals surface area contributed by atoms with Gasteiger partial charge in [-0.05, 0) is 19.7 Å². The largest absolute Gasteiger partial charge is 0.493 e. The molecule has 1 aromatic carbocycles. The van der Waals surface area contributed by atoms with E-state index in [-0.39, 0.29) is 6.10 Å². The maximum absolute atomic E-state index is 6.03. The second-order valence-corrected chi connectivity index (χ2v) is 5.18. The summed E-state index contributed by atoms with van der Waals surface area (Å²) in [7, 11) is 3.59. The second-order valence-electron chi connectivity index (χ2n) is 5.18. The van der Waals surface area contributed by atoms with E-state index >= 15 is 0 Å². The summed E-state index contributed by atoms with van der Waals surface area (Å²) in [5.41, 5.74) is 1.10. The number of nitrogens with one attached hydrogen (secondary N) is 1. The van der Waals surface area contributed by atoms with Crippen LogP contribution in [0.5, 0.6) is 11.5 Å². The van der Waals surface area contributed by atoms with Gasteiger partial charge < -0.3 is 19.5 Å². The lowest BCUT2D eigenvalue weighted by Gasteiger charge is -2.32. The molecule has 1 aliphatic rings. The molecule has 1 heterocycles. The predicted molar refractivity (Wildman–Crippen MR) is 83.1 cm³/mol. The van der Waals surface area contributed by atoms with Crippen molar-refractivity contribution in [1.82, 2.24) is 10.2 Å². The molecule has 1 unspecified atom stereocenters. The Labute approximate surface area is 127 Å². The fourth-order valence-corrected chi connectivity index (χ4v) is 2.56. The molecule has 0 amide bonds. The molecule has 0 spiro atoms. The van der Waals surface area contributed by atoms with Crippen molar-refractivity contribution in [2.45, 2.75) is 19.6 Å². The zero-order chi connectivity index (χ0) is 15.1. The topological polar surface area (TPSA) is 43.0 Å². The van der Waals surface area contributed by atoms with Gasteiger partial charge >= 0.3 is 0 Å². The van der Waals surface area contributed by atoms with Gasteiger partial charge in [0.2, 0.25) is 0 Å². The van der Waals surface area contributed by atoms with Gasteiger partial charge in [-0.3, -0.25) is 4.90 Å². The van der Waals surface area contributed by atoms with E-state index in [1.807, 2.05) is 19.2 Å². The number of ether oxygens (including phenoxy) is 3. The summed E-state index contributed by atoms with van der Waals surface area (Å²) in [6.45, 7) is 7.23. The van der Waals surface area contributed by atoms with Crippen molar-refractivity contribution >= 4 is 0 Å². The lowest BCUT2D eigenvalue weighted by atomic mass is 10.2. The van der Waals surface area contributed by atoms with Gasteiger partial charge in [-0.2, -0.15) is 0 Å². The lowest BCUT2D eigenvalue weighted by molar-refractivity contribution is -0.0467. The Morgan fingerprint density at radius 3 is 3.00 bits per heavy atom. The number of rotatable bonds is 7. The van der Waals surface area contributed by atoms with Crippen LogP contribution in [0.2, 0.25) is 0 Å². The molecule has 0 radical (unpaired) electrons. The van der Waals surface area contributed by atoms with Crippen LogP contribution in [0.4, 0.5) is 0 Å². The number of hydrogen-bond donors (Lipinski definition) is 1. The van der Waals surface area contributed by atoms with E-state index in [1.54, 1.807) is 7.11 Å². The minimum absolute atomic E-state index is 0.117. The average Bonchev–Trinajstić information content (AvgIpc) is 2.54. The SMILES string of the molecule is CCN1CCOC(COc2c(CNC)cccc2OC)C1. The molecule has 1 aliphatic heterocycles. The molecule has 0 aliphatic carbocycles. The first kappa shape index (κ1) is 16.1. The number of benzene rings is 1. The Morgan fingerprint density at radius 2 is 2.29 bits per heavy atom. The molecule has 5 heteroatoms. The van der Waals surface area contributed by atoms with Crippen molar-refractivity contribution in [1.29, 1.82) is 0 Å². The van der Waals surface area contributed by atoms with Crippen LogP contribution in [0.15, 0.2) is 18.2 Å². The lowest BCUT2D eigenvalue weighted by Crippen LogP contribution is -2.44. The molecule has 1 saturated heterocycles. The number of nitrogens with zero attached hydrogens (tertiary/aromatic N) is 1. The number of hydrogen-bond acceptors (Lipinski definition) is 5. The van der Waals surface area contributed by atoms with Crippen molar-refractivity contribution in [3.63, 3.8) is 0 Å². The zero-order valence-corrected chi connectivity index (χ0v) is 13.2. The van der Waals surface area contributed by atoms with E-state index in [0.717, 1.165) is 49.8 Å². The maximum atomic E-state index is 6.03. The van der Waals surface area contributed by atoms with E-state index in [2.05, 4.69) is 23.2 Å². The summed E-state index contributed by atoms with van der Waals surface area (Å²) in [6.07, 6.45) is 0.117. The first-order valence-electron chi connectivity index (χ1n) is 7.55. The highest BCUT2D eigenvalue weighted by atomic mass is 16.5. The van der Waals surface area contributed by atoms with E-state index in [4.69, 9.17) is 14.2 Å². The summed E-state index contributed by atoms with van der Waals surface area (Å²) in [4.78, 5) is 2.38. The van der Waals surface area contributed by atoms with Gasteiger partial charge in [-0.25, -0.2) is 0 Å². The third-order valence-electron chi connectivity index (χ3n) is 3.73. The van der Waals surface area contributed by atoms with Crippen LogP contribution < -0.4 is 14.8 Å². The molecule has 21 heavy (non-hydrogen) atoms. The molecular weight excluding hydrogens is 268 g/mol. The Bertz CT molecular complexity index is 440. The molecule has 1 fully saturated rings. The van der Waals surface area contributed by atoms with Crippen LogP contribution in [0.3, 0.4) is 0 Å². The molecule has 1 atom stereocenters. The minimum Gasteiger partial charge on any atom is -0.493 e.